The smallest absolute Gasteiger partial charge is 0.255 e. The molecule has 0 unspecified atom stereocenters. The summed E-state index contributed by atoms with van der Waals surface area (Å²) < 4.78 is 14.0. The van der Waals surface area contributed by atoms with Gasteiger partial charge in [0.1, 0.15) is 5.82 Å². The summed E-state index contributed by atoms with van der Waals surface area (Å²) in [6.45, 7) is 1.65. The van der Waals surface area contributed by atoms with Crippen LogP contribution in [0.3, 0.4) is 0 Å². The molecule has 20 heavy (non-hydrogen) atoms. The lowest BCUT2D eigenvalue weighted by Gasteiger charge is -2.41. The van der Waals surface area contributed by atoms with Crippen molar-refractivity contribution in [2.75, 3.05) is 13.1 Å². The average Bonchev–Trinajstić information content (AvgIpc) is 2.48. The van der Waals surface area contributed by atoms with Crippen LogP contribution in [0.15, 0.2) is 22.7 Å². The average molecular weight is 340 g/mol. The minimum atomic E-state index is -0.357. The van der Waals surface area contributed by atoms with Crippen molar-refractivity contribution >= 4 is 21.8 Å². The van der Waals surface area contributed by atoms with E-state index >= 15 is 0 Å². The van der Waals surface area contributed by atoms with E-state index in [2.05, 4.69) is 15.9 Å². The number of halogens is 2. The van der Waals surface area contributed by atoms with Gasteiger partial charge in [-0.2, -0.15) is 0 Å². The van der Waals surface area contributed by atoms with Crippen molar-refractivity contribution in [3.8, 4) is 0 Å². The van der Waals surface area contributed by atoms with Crippen molar-refractivity contribution in [1.29, 1.82) is 0 Å². The zero-order valence-corrected chi connectivity index (χ0v) is 13.0. The van der Waals surface area contributed by atoms with E-state index in [1.165, 1.54) is 37.8 Å². The summed E-state index contributed by atoms with van der Waals surface area (Å²) in [5.41, 5.74) is 0.444. The molecule has 0 bridgehead atoms. The first-order valence-electron chi connectivity index (χ1n) is 7.39. The van der Waals surface area contributed by atoms with E-state index in [4.69, 9.17) is 0 Å². The van der Waals surface area contributed by atoms with E-state index < -0.39 is 0 Å². The summed E-state index contributed by atoms with van der Waals surface area (Å²) in [5.74, 6) is 1.04. The number of carbonyl (C=O) groups excluding carboxylic acids is 1. The molecule has 0 radical (unpaired) electrons. The highest BCUT2D eigenvalue weighted by atomic mass is 79.9. The van der Waals surface area contributed by atoms with E-state index in [9.17, 15) is 9.18 Å². The Kier molecular flexibility index (Phi) is 4.11. The van der Waals surface area contributed by atoms with Crippen LogP contribution in [0.25, 0.3) is 0 Å². The minimum absolute atomic E-state index is 0.0413. The lowest BCUT2D eigenvalue weighted by atomic mass is 9.75. The fourth-order valence-corrected chi connectivity index (χ4v) is 4.03. The van der Waals surface area contributed by atoms with Gasteiger partial charge in [-0.15, -0.1) is 0 Å². The molecular formula is C16H19BrFNO. The van der Waals surface area contributed by atoms with Crippen molar-refractivity contribution in [2.45, 2.75) is 32.1 Å². The van der Waals surface area contributed by atoms with Crippen LogP contribution >= 0.6 is 15.9 Å². The Morgan fingerprint density at radius 2 is 1.95 bits per heavy atom. The Bertz CT molecular complexity index is 519. The second-order valence-electron chi connectivity index (χ2n) is 5.97. The van der Waals surface area contributed by atoms with Crippen LogP contribution in [-0.4, -0.2) is 23.9 Å². The molecular weight excluding hydrogens is 321 g/mol. The second kappa shape index (κ2) is 5.84. The molecule has 1 aliphatic carbocycles. The first-order chi connectivity index (χ1) is 9.65. The normalized spacial score (nSPS) is 26.2. The van der Waals surface area contributed by atoms with Gasteiger partial charge in [-0.05, 0) is 58.8 Å². The summed E-state index contributed by atoms with van der Waals surface area (Å²) in [6.07, 6.45) is 6.27. The Labute approximate surface area is 127 Å². The van der Waals surface area contributed by atoms with Crippen molar-refractivity contribution in [3.05, 3.63) is 34.1 Å². The van der Waals surface area contributed by atoms with Crippen LogP contribution in [0.1, 0.15) is 42.5 Å². The summed E-state index contributed by atoms with van der Waals surface area (Å²) in [4.78, 5) is 14.5. The van der Waals surface area contributed by atoms with Gasteiger partial charge in [-0.25, -0.2) is 4.39 Å². The van der Waals surface area contributed by atoms with Gasteiger partial charge in [-0.1, -0.05) is 19.3 Å². The van der Waals surface area contributed by atoms with Gasteiger partial charge in [0.2, 0.25) is 0 Å². The van der Waals surface area contributed by atoms with Crippen molar-refractivity contribution in [3.63, 3.8) is 0 Å². The maximum absolute atomic E-state index is 13.4. The molecule has 3 rings (SSSR count). The van der Waals surface area contributed by atoms with Gasteiger partial charge in [-0.3, -0.25) is 4.79 Å². The lowest BCUT2D eigenvalue weighted by molar-refractivity contribution is 0.0519. The number of likely N-dealkylation sites (tertiary alicyclic amines) is 1. The third kappa shape index (κ3) is 2.76. The van der Waals surface area contributed by atoms with Crippen molar-refractivity contribution < 1.29 is 9.18 Å². The van der Waals surface area contributed by atoms with E-state index in [-0.39, 0.29) is 11.7 Å². The fourth-order valence-electron chi connectivity index (χ4n) is 3.62. The number of amides is 1. The molecule has 1 amide bonds. The van der Waals surface area contributed by atoms with Crippen LogP contribution in [0.2, 0.25) is 0 Å². The maximum Gasteiger partial charge on any atom is 0.255 e. The SMILES string of the molecule is O=C(c1cc(F)ccc1Br)N1CC[C@H]2CCCC[C@H]2C1. The zero-order valence-electron chi connectivity index (χ0n) is 11.4. The number of rotatable bonds is 1. The van der Waals surface area contributed by atoms with Gasteiger partial charge in [0.05, 0.1) is 5.56 Å². The topological polar surface area (TPSA) is 20.3 Å². The highest BCUT2D eigenvalue weighted by Crippen LogP contribution is 2.36. The molecule has 108 valence electrons. The number of piperidine rings is 1. The monoisotopic (exact) mass is 339 g/mol. The predicted octanol–water partition coefficient (Wildman–Crippen LogP) is 4.24. The molecule has 2 atom stereocenters. The zero-order chi connectivity index (χ0) is 14.1. The molecule has 4 heteroatoms. The number of fused-ring (bicyclic) bond motifs is 1. The van der Waals surface area contributed by atoms with Gasteiger partial charge in [0.25, 0.3) is 5.91 Å². The molecule has 2 aliphatic rings. The van der Waals surface area contributed by atoms with Gasteiger partial charge < -0.3 is 4.90 Å². The van der Waals surface area contributed by atoms with E-state index in [1.54, 1.807) is 6.07 Å². The summed E-state index contributed by atoms with van der Waals surface area (Å²) in [7, 11) is 0. The molecule has 2 fully saturated rings. The van der Waals surface area contributed by atoms with Crippen LogP contribution in [0.5, 0.6) is 0 Å². The van der Waals surface area contributed by atoms with Gasteiger partial charge >= 0.3 is 0 Å². The molecule has 1 aromatic carbocycles. The largest absolute Gasteiger partial charge is 0.338 e. The third-order valence-corrected chi connectivity index (χ3v) is 5.43. The quantitative estimate of drug-likeness (QED) is 0.749. The van der Waals surface area contributed by atoms with Crippen LogP contribution in [-0.2, 0) is 0 Å². The number of hydrogen-bond donors (Lipinski definition) is 0. The molecule has 1 aromatic rings. The molecule has 0 aromatic heterocycles. The predicted molar refractivity (Wildman–Crippen MR) is 80.1 cm³/mol. The van der Waals surface area contributed by atoms with E-state index in [0.717, 1.165) is 25.4 Å². The summed E-state index contributed by atoms with van der Waals surface area (Å²) in [6, 6.07) is 4.31. The summed E-state index contributed by atoms with van der Waals surface area (Å²) >= 11 is 3.35. The van der Waals surface area contributed by atoms with Crippen LogP contribution in [0, 0.1) is 17.7 Å². The second-order valence-corrected chi connectivity index (χ2v) is 6.82. The summed E-state index contributed by atoms with van der Waals surface area (Å²) in [5, 5.41) is 0. The molecule has 0 spiro atoms. The van der Waals surface area contributed by atoms with Crippen LogP contribution in [0.4, 0.5) is 4.39 Å². The lowest BCUT2D eigenvalue weighted by Crippen LogP contribution is -2.44. The van der Waals surface area contributed by atoms with E-state index in [0.29, 0.717) is 16.0 Å². The Balaban J connectivity index is 1.76. The number of carbonyl (C=O) groups is 1. The molecule has 1 saturated carbocycles. The van der Waals surface area contributed by atoms with Gasteiger partial charge in [0, 0.05) is 17.6 Å². The number of benzene rings is 1. The number of hydrogen-bond acceptors (Lipinski definition) is 1. The van der Waals surface area contributed by atoms with Crippen LogP contribution < -0.4 is 0 Å². The molecule has 1 saturated heterocycles. The standard InChI is InChI=1S/C16H19BrFNO/c17-15-6-5-13(18)9-14(15)16(20)19-8-7-11-3-1-2-4-12(11)10-19/h5-6,9,11-12H,1-4,7-8,10H2/t11-,12+/m1/s1. The Morgan fingerprint density at radius 1 is 1.20 bits per heavy atom. The molecule has 0 N–H and O–H groups in total. The first-order valence-corrected chi connectivity index (χ1v) is 8.19. The highest BCUT2D eigenvalue weighted by molar-refractivity contribution is 9.10. The maximum atomic E-state index is 13.4. The minimum Gasteiger partial charge on any atom is -0.338 e. The number of nitrogens with zero attached hydrogens (tertiary/aromatic N) is 1. The van der Waals surface area contributed by atoms with Gasteiger partial charge in [0.15, 0.2) is 0 Å². The Morgan fingerprint density at radius 3 is 2.75 bits per heavy atom. The molecule has 1 aliphatic heterocycles. The molecule has 2 nitrogen and oxygen atoms in total. The Hall–Kier alpha value is -0.900. The fraction of sp³-hybridized carbons (Fsp3) is 0.562. The third-order valence-electron chi connectivity index (χ3n) is 4.74. The van der Waals surface area contributed by atoms with Crippen molar-refractivity contribution in [2.24, 2.45) is 11.8 Å². The molecule has 1 heterocycles. The highest BCUT2D eigenvalue weighted by Gasteiger charge is 2.33. The van der Waals surface area contributed by atoms with Crippen molar-refractivity contribution in [1.82, 2.24) is 4.90 Å². The van der Waals surface area contributed by atoms with E-state index in [1.807, 2.05) is 4.90 Å². The first kappa shape index (κ1) is 14.1.